The predicted molar refractivity (Wildman–Crippen MR) is 75.2 cm³/mol. The van der Waals surface area contributed by atoms with Gasteiger partial charge in [-0.3, -0.25) is 9.59 Å². The highest BCUT2D eigenvalue weighted by molar-refractivity contribution is 5.80. The largest absolute Gasteiger partial charge is 0.379 e. The van der Waals surface area contributed by atoms with Crippen LogP contribution in [0.2, 0.25) is 0 Å². The SMILES string of the molecule is CCC(=O)NC1CCN(C(=O)C2COCC2NC)CC1. The normalized spacial score (nSPS) is 27.6. The fourth-order valence-corrected chi connectivity index (χ4v) is 2.89. The maximum atomic E-state index is 12.5. The summed E-state index contributed by atoms with van der Waals surface area (Å²) >= 11 is 0. The molecule has 0 bridgehead atoms. The Balaban J connectivity index is 1.81. The van der Waals surface area contributed by atoms with Gasteiger partial charge in [-0.2, -0.15) is 0 Å². The van der Waals surface area contributed by atoms with Crippen molar-refractivity contribution < 1.29 is 14.3 Å². The number of likely N-dealkylation sites (tertiary alicyclic amines) is 1. The van der Waals surface area contributed by atoms with Crippen molar-refractivity contribution in [2.45, 2.75) is 38.3 Å². The number of piperidine rings is 1. The molecule has 2 amide bonds. The Hall–Kier alpha value is -1.14. The molecule has 6 heteroatoms. The minimum Gasteiger partial charge on any atom is -0.379 e. The Morgan fingerprint density at radius 2 is 1.95 bits per heavy atom. The number of amides is 2. The van der Waals surface area contributed by atoms with Gasteiger partial charge in [0.2, 0.25) is 11.8 Å². The number of likely N-dealkylation sites (N-methyl/N-ethyl adjacent to an activating group) is 1. The van der Waals surface area contributed by atoms with Crippen LogP contribution in [-0.4, -0.2) is 62.1 Å². The van der Waals surface area contributed by atoms with Crippen LogP contribution in [0.4, 0.5) is 0 Å². The standard InChI is InChI=1S/C14H25N3O3/c1-3-13(18)16-10-4-6-17(7-5-10)14(19)11-8-20-9-12(11)15-2/h10-12,15H,3-9H2,1-2H3,(H,16,18). The van der Waals surface area contributed by atoms with Gasteiger partial charge in [-0.15, -0.1) is 0 Å². The van der Waals surface area contributed by atoms with E-state index in [2.05, 4.69) is 10.6 Å². The van der Waals surface area contributed by atoms with Crippen LogP contribution >= 0.6 is 0 Å². The van der Waals surface area contributed by atoms with Gasteiger partial charge in [0, 0.05) is 31.6 Å². The van der Waals surface area contributed by atoms with Gasteiger partial charge < -0.3 is 20.3 Å². The summed E-state index contributed by atoms with van der Waals surface area (Å²) in [5.41, 5.74) is 0. The molecule has 2 unspecified atom stereocenters. The molecular formula is C14H25N3O3. The molecule has 2 aliphatic heterocycles. The number of hydrogen-bond donors (Lipinski definition) is 2. The predicted octanol–water partition coefficient (Wildman–Crippen LogP) is -0.262. The summed E-state index contributed by atoms with van der Waals surface area (Å²) in [6, 6.07) is 0.339. The van der Waals surface area contributed by atoms with E-state index < -0.39 is 0 Å². The maximum absolute atomic E-state index is 12.5. The second-order valence-corrected chi connectivity index (χ2v) is 5.56. The fourth-order valence-electron chi connectivity index (χ4n) is 2.89. The van der Waals surface area contributed by atoms with Crippen LogP contribution < -0.4 is 10.6 Å². The van der Waals surface area contributed by atoms with E-state index in [0.717, 1.165) is 25.9 Å². The molecule has 114 valence electrons. The second-order valence-electron chi connectivity index (χ2n) is 5.56. The molecule has 0 spiro atoms. The number of nitrogens with zero attached hydrogens (tertiary/aromatic N) is 1. The van der Waals surface area contributed by atoms with Crippen LogP contribution in [-0.2, 0) is 14.3 Å². The summed E-state index contributed by atoms with van der Waals surface area (Å²) in [7, 11) is 1.87. The van der Waals surface area contributed by atoms with Crippen LogP contribution in [0.3, 0.4) is 0 Å². The number of carbonyl (C=O) groups excluding carboxylic acids is 2. The van der Waals surface area contributed by atoms with Crippen molar-refractivity contribution in [1.29, 1.82) is 0 Å². The molecule has 0 radical (unpaired) electrons. The first-order valence-electron chi connectivity index (χ1n) is 7.48. The van der Waals surface area contributed by atoms with E-state index in [1.807, 2.05) is 18.9 Å². The van der Waals surface area contributed by atoms with Gasteiger partial charge in [0.15, 0.2) is 0 Å². The van der Waals surface area contributed by atoms with E-state index in [-0.39, 0.29) is 29.8 Å². The first kappa shape index (κ1) is 15.3. The smallest absolute Gasteiger partial charge is 0.229 e. The van der Waals surface area contributed by atoms with Gasteiger partial charge in [-0.25, -0.2) is 0 Å². The van der Waals surface area contributed by atoms with Gasteiger partial charge in [0.1, 0.15) is 0 Å². The first-order chi connectivity index (χ1) is 9.65. The van der Waals surface area contributed by atoms with Crippen LogP contribution in [0, 0.1) is 5.92 Å². The Labute approximate surface area is 120 Å². The van der Waals surface area contributed by atoms with Crippen LogP contribution in [0.1, 0.15) is 26.2 Å². The number of rotatable bonds is 4. The monoisotopic (exact) mass is 283 g/mol. The zero-order valence-corrected chi connectivity index (χ0v) is 12.4. The number of ether oxygens (including phenoxy) is 1. The molecule has 0 aliphatic carbocycles. The molecular weight excluding hydrogens is 258 g/mol. The first-order valence-corrected chi connectivity index (χ1v) is 7.48. The van der Waals surface area contributed by atoms with E-state index in [9.17, 15) is 9.59 Å². The average molecular weight is 283 g/mol. The fraction of sp³-hybridized carbons (Fsp3) is 0.857. The highest BCUT2D eigenvalue weighted by atomic mass is 16.5. The number of nitrogens with one attached hydrogen (secondary N) is 2. The Kier molecular flexibility index (Phi) is 5.37. The van der Waals surface area contributed by atoms with Crippen molar-refractivity contribution in [3.63, 3.8) is 0 Å². The lowest BCUT2D eigenvalue weighted by Gasteiger charge is -2.34. The summed E-state index contributed by atoms with van der Waals surface area (Å²) in [4.78, 5) is 25.8. The van der Waals surface area contributed by atoms with E-state index in [0.29, 0.717) is 19.6 Å². The van der Waals surface area contributed by atoms with Crippen LogP contribution in [0.5, 0.6) is 0 Å². The van der Waals surface area contributed by atoms with Crippen molar-refractivity contribution in [3.8, 4) is 0 Å². The number of hydrogen-bond acceptors (Lipinski definition) is 4. The van der Waals surface area contributed by atoms with Gasteiger partial charge in [-0.05, 0) is 19.9 Å². The topological polar surface area (TPSA) is 70.7 Å². The zero-order valence-electron chi connectivity index (χ0n) is 12.4. The molecule has 2 aliphatic rings. The molecule has 0 aromatic heterocycles. The molecule has 0 saturated carbocycles. The molecule has 2 fully saturated rings. The van der Waals surface area contributed by atoms with Gasteiger partial charge >= 0.3 is 0 Å². The van der Waals surface area contributed by atoms with Crippen LogP contribution in [0.15, 0.2) is 0 Å². The van der Waals surface area contributed by atoms with Crippen molar-refractivity contribution >= 4 is 11.8 Å². The molecule has 2 N–H and O–H groups in total. The molecule has 6 nitrogen and oxygen atoms in total. The van der Waals surface area contributed by atoms with E-state index >= 15 is 0 Å². The van der Waals surface area contributed by atoms with Crippen molar-refractivity contribution in [2.75, 3.05) is 33.4 Å². The summed E-state index contributed by atoms with van der Waals surface area (Å²) in [6.07, 6.45) is 2.20. The van der Waals surface area contributed by atoms with E-state index in [1.165, 1.54) is 0 Å². The minimum atomic E-state index is -0.0678. The molecule has 2 rings (SSSR count). The van der Waals surface area contributed by atoms with Crippen molar-refractivity contribution in [3.05, 3.63) is 0 Å². The van der Waals surface area contributed by atoms with E-state index in [4.69, 9.17) is 4.74 Å². The molecule has 2 saturated heterocycles. The summed E-state index contributed by atoms with van der Waals surface area (Å²) < 4.78 is 5.39. The molecule has 2 heterocycles. The summed E-state index contributed by atoms with van der Waals surface area (Å²) in [6.45, 7) is 4.42. The summed E-state index contributed by atoms with van der Waals surface area (Å²) in [5, 5.41) is 6.15. The van der Waals surface area contributed by atoms with Gasteiger partial charge in [0.25, 0.3) is 0 Å². The Bertz CT molecular complexity index is 354. The average Bonchev–Trinajstić information content (AvgIpc) is 2.95. The third kappa shape index (κ3) is 3.49. The molecule has 20 heavy (non-hydrogen) atoms. The highest BCUT2D eigenvalue weighted by Crippen LogP contribution is 2.19. The third-order valence-corrected chi connectivity index (χ3v) is 4.26. The number of carbonyl (C=O) groups is 2. The minimum absolute atomic E-state index is 0.0678. The molecule has 0 aromatic carbocycles. The van der Waals surface area contributed by atoms with Crippen molar-refractivity contribution in [2.24, 2.45) is 5.92 Å². The maximum Gasteiger partial charge on any atom is 0.229 e. The Morgan fingerprint density at radius 3 is 2.55 bits per heavy atom. The van der Waals surface area contributed by atoms with Gasteiger partial charge in [0.05, 0.1) is 19.1 Å². The molecule has 0 aromatic rings. The highest BCUT2D eigenvalue weighted by Gasteiger charge is 2.36. The third-order valence-electron chi connectivity index (χ3n) is 4.26. The Morgan fingerprint density at radius 1 is 1.25 bits per heavy atom. The summed E-state index contributed by atoms with van der Waals surface area (Å²) in [5.74, 6) is 0.207. The zero-order chi connectivity index (χ0) is 14.5. The van der Waals surface area contributed by atoms with Crippen LogP contribution in [0.25, 0.3) is 0 Å². The van der Waals surface area contributed by atoms with Crippen molar-refractivity contribution in [1.82, 2.24) is 15.5 Å². The quantitative estimate of drug-likeness (QED) is 0.746. The molecule has 2 atom stereocenters. The lowest BCUT2D eigenvalue weighted by Crippen LogP contribution is -2.50. The lowest BCUT2D eigenvalue weighted by molar-refractivity contribution is -0.137. The van der Waals surface area contributed by atoms with Gasteiger partial charge in [-0.1, -0.05) is 6.92 Å². The van der Waals surface area contributed by atoms with E-state index in [1.54, 1.807) is 0 Å². The lowest BCUT2D eigenvalue weighted by atomic mass is 9.98. The second kappa shape index (κ2) is 7.04.